The number of para-hydroxylation sites is 1. The molecule has 0 bridgehead atoms. The molecule has 1 atom stereocenters. The quantitative estimate of drug-likeness (QED) is 0.334. The maximum atomic E-state index is 13.6. The largest absolute Gasteiger partial charge is 0.493 e. The average molecular weight is 488 g/mol. The smallest absolute Gasteiger partial charge is 0.336 e. The summed E-state index contributed by atoms with van der Waals surface area (Å²) in [4.78, 5) is 27.1. The zero-order valence-electron chi connectivity index (χ0n) is 21.9. The van der Waals surface area contributed by atoms with E-state index in [4.69, 9.17) is 9.47 Å². The van der Waals surface area contributed by atoms with E-state index in [1.54, 1.807) is 0 Å². The Hall–Kier alpha value is -3.34. The van der Waals surface area contributed by atoms with Crippen LogP contribution >= 0.6 is 0 Å². The van der Waals surface area contributed by atoms with Gasteiger partial charge in [-0.25, -0.2) is 4.79 Å². The highest BCUT2D eigenvalue weighted by Gasteiger charge is 2.44. The molecule has 0 radical (unpaired) electrons. The minimum atomic E-state index is -0.521. The van der Waals surface area contributed by atoms with Gasteiger partial charge in [-0.3, -0.25) is 4.79 Å². The first-order chi connectivity index (χ1) is 17.3. The second-order valence-corrected chi connectivity index (χ2v) is 10.5. The zero-order valence-corrected chi connectivity index (χ0v) is 21.9. The lowest BCUT2D eigenvalue weighted by Crippen LogP contribution is -2.38. The summed E-state index contributed by atoms with van der Waals surface area (Å²) in [7, 11) is 0. The number of esters is 1. The first kappa shape index (κ1) is 25.7. The molecule has 0 saturated heterocycles. The van der Waals surface area contributed by atoms with Crippen molar-refractivity contribution < 1.29 is 19.1 Å². The topological polar surface area (TPSA) is 64.6 Å². The number of carbonyl (C=O) groups excluding carboxylic acids is 2. The van der Waals surface area contributed by atoms with Gasteiger partial charge in [0.25, 0.3) is 0 Å². The van der Waals surface area contributed by atoms with Crippen molar-refractivity contribution in [2.75, 3.05) is 13.2 Å². The van der Waals surface area contributed by atoms with Gasteiger partial charge in [0.2, 0.25) is 0 Å². The Labute approximate surface area is 214 Å². The summed E-state index contributed by atoms with van der Waals surface area (Å²) in [6, 6.07) is 17.7. The van der Waals surface area contributed by atoms with Gasteiger partial charge in [0.15, 0.2) is 5.78 Å². The number of carbonyl (C=O) groups is 2. The predicted octanol–water partition coefficient (Wildman–Crippen LogP) is 6.26. The molecule has 0 amide bonds. The highest BCUT2D eigenvalue weighted by molar-refractivity contribution is 6.04. The van der Waals surface area contributed by atoms with Crippen LogP contribution in [0, 0.1) is 5.41 Å². The van der Waals surface area contributed by atoms with Crippen LogP contribution in [-0.2, 0) is 20.7 Å². The second-order valence-electron chi connectivity index (χ2n) is 10.5. The van der Waals surface area contributed by atoms with E-state index < -0.39 is 11.9 Å². The molecule has 190 valence electrons. The summed E-state index contributed by atoms with van der Waals surface area (Å²) < 4.78 is 12.0. The Bertz CT molecular complexity index is 1180. The van der Waals surface area contributed by atoms with Gasteiger partial charge in [-0.15, -0.1) is 0 Å². The van der Waals surface area contributed by atoms with Crippen LogP contribution in [0.5, 0.6) is 5.75 Å². The minimum Gasteiger partial charge on any atom is -0.493 e. The molecule has 4 rings (SSSR count). The van der Waals surface area contributed by atoms with Crippen molar-refractivity contribution in [2.24, 2.45) is 5.41 Å². The standard InChI is InChI=1S/C31H37NO4/c1-5-6-17-35-26-15-11-10-14-23(26)28-27(30(34)36-18-16-22-12-8-7-9-13-22)21(2)32-24-19-31(3,4)20-25(33)29(24)28/h7-15,28,32H,5-6,16-20H2,1-4H3. The SMILES string of the molecule is CCCCOc1ccccc1C1C(C(=O)OCCc2ccccc2)=C(C)NC2=C1C(=O)CC(C)(C)C2. The van der Waals surface area contributed by atoms with Crippen LogP contribution in [0.2, 0.25) is 0 Å². The number of hydrogen-bond donors (Lipinski definition) is 1. The molecule has 1 heterocycles. The maximum Gasteiger partial charge on any atom is 0.336 e. The van der Waals surface area contributed by atoms with Crippen molar-refractivity contribution in [3.63, 3.8) is 0 Å². The number of unbranched alkanes of at least 4 members (excludes halogenated alkanes) is 1. The van der Waals surface area contributed by atoms with E-state index in [1.807, 2.05) is 61.5 Å². The van der Waals surface area contributed by atoms with Gasteiger partial charge in [-0.1, -0.05) is 75.7 Å². The monoisotopic (exact) mass is 487 g/mol. The van der Waals surface area contributed by atoms with Crippen LogP contribution in [0.25, 0.3) is 0 Å². The predicted molar refractivity (Wildman–Crippen MR) is 142 cm³/mol. The summed E-state index contributed by atoms with van der Waals surface area (Å²) in [6.07, 6.45) is 3.78. The number of rotatable bonds is 9. The Morgan fingerprint density at radius 2 is 1.75 bits per heavy atom. The average Bonchev–Trinajstić information content (AvgIpc) is 2.83. The van der Waals surface area contributed by atoms with Gasteiger partial charge < -0.3 is 14.8 Å². The van der Waals surface area contributed by atoms with Gasteiger partial charge >= 0.3 is 5.97 Å². The molecule has 1 aliphatic carbocycles. The third kappa shape index (κ3) is 5.72. The van der Waals surface area contributed by atoms with Crippen molar-refractivity contribution in [2.45, 2.75) is 65.7 Å². The van der Waals surface area contributed by atoms with Gasteiger partial charge in [0.1, 0.15) is 5.75 Å². The van der Waals surface area contributed by atoms with Crippen molar-refractivity contribution in [3.8, 4) is 5.75 Å². The lowest BCUT2D eigenvalue weighted by molar-refractivity contribution is -0.139. The number of benzene rings is 2. The van der Waals surface area contributed by atoms with E-state index in [-0.39, 0.29) is 17.8 Å². The molecule has 0 aromatic heterocycles. The molecule has 1 N–H and O–H groups in total. The molecule has 1 aliphatic heterocycles. The van der Waals surface area contributed by atoms with E-state index in [9.17, 15) is 9.59 Å². The van der Waals surface area contributed by atoms with Crippen molar-refractivity contribution in [1.29, 1.82) is 0 Å². The summed E-state index contributed by atoms with van der Waals surface area (Å²) in [6.45, 7) is 9.10. The number of nitrogens with one attached hydrogen (secondary N) is 1. The van der Waals surface area contributed by atoms with Crippen molar-refractivity contribution in [1.82, 2.24) is 5.32 Å². The second kappa shape index (κ2) is 11.2. The van der Waals surface area contributed by atoms with Crippen molar-refractivity contribution in [3.05, 3.63) is 88.3 Å². The normalized spacial score (nSPS) is 19.0. The van der Waals surface area contributed by atoms with Crippen LogP contribution in [-0.4, -0.2) is 25.0 Å². The summed E-state index contributed by atoms with van der Waals surface area (Å²) >= 11 is 0. The van der Waals surface area contributed by atoms with Crippen LogP contribution in [0.1, 0.15) is 70.4 Å². The van der Waals surface area contributed by atoms with E-state index in [0.717, 1.165) is 41.8 Å². The number of hydrogen-bond acceptors (Lipinski definition) is 5. The number of allylic oxidation sites excluding steroid dienone is 3. The summed E-state index contributed by atoms with van der Waals surface area (Å²) in [5.41, 5.74) is 4.60. The van der Waals surface area contributed by atoms with Crippen LogP contribution in [0.3, 0.4) is 0 Å². The lowest BCUT2D eigenvalue weighted by atomic mass is 9.68. The van der Waals surface area contributed by atoms with E-state index in [2.05, 4.69) is 26.1 Å². The minimum absolute atomic E-state index is 0.0733. The number of Topliss-reactive ketones (excluding diaryl/α,β-unsaturated/α-hetero) is 1. The van der Waals surface area contributed by atoms with Gasteiger partial charge in [0.05, 0.1) is 24.7 Å². The van der Waals surface area contributed by atoms with E-state index in [1.165, 1.54) is 0 Å². The van der Waals surface area contributed by atoms with Crippen LogP contribution in [0.4, 0.5) is 0 Å². The molecule has 2 aliphatic rings. The number of dihydropyridines is 1. The fourth-order valence-electron chi connectivity index (χ4n) is 5.18. The molecular formula is C31H37NO4. The third-order valence-corrected chi connectivity index (χ3v) is 6.91. The molecule has 1 unspecified atom stereocenters. The Morgan fingerprint density at radius 3 is 2.50 bits per heavy atom. The first-order valence-electron chi connectivity index (χ1n) is 13.0. The highest BCUT2D eigenvalue weighted by Crippen LogP contribution is 2.48. The molecule has 5 heteroatoms. The molecule has 36 heavy (non-hydrogen) atoms. The molecule has 0 spiro atoms. The third-order valence-electron chi connectivity index (χ3n) is 6.91. The fourth-order valence-corrected chi connectivity index (χ4v) is 5.18. The van der Waals surface area contributed by atoms with Gasteiger partial charge in [-0.2, -0.15) is 0 Å². The Kier molecular flexibility index (Phi) is 7.97. The summed E-state index contributed by atoms with van der Waals surface area (Å²) in [5, 5.41) is 3.41. The van der Waals surface area contributed by atoms with Gasteiger partial charge in [0, 0.05) is 35.4 Å². The Morgan fingerprint density at radius 1 is 1.03 bits per heavy atom. The number of ether oxygens (including phenoxy) is 2. The van der Waals surface area contributed by atoms with E-state index in [0.29, 0.717) is 36.3 Å². The fraction of sp³-hybridized carbons (Fsp3) is 0.419. The zero-order chi connectivity index (χ0) is 25.7. The molecular weight excluding hydrogens is 450 g/mol. The molecule has 2 aromatic carbocycles. The maximum absolute atomic E-state index is 13.6. The number of ketones is 1. The highest BCUT2D eigenvalue weighted by atomic mass is 16.5. The van der Waals surface area contributed by atoms with E-state index >= 15 is 0 Å². The molecule has 2 aromatic rings. The van der Waals surface area contributed by atoms with Crippen molar-refractivity contribution >= 4 is 11.8 Å². The van der Waals surface area contributed by atoms with Crippen LogP contribution in [0.15, 0.2) is 77.1 Å². The Balaban J connectivity index is 1.70. The summed E-state index contributed by atoms with van der Waals surface area (Å²) in [5.74, 6) is -0.130. The first-order valence-corrected chi connectivity index (χ1v) is 13.0. The van der Waals surface area contributed by atoms with Gasteiger partial charge in [-0.05, 0) is 36.8 Å². The molecule has 0 saturated carbocycles. The lowest BCUT2D eigenvalue weighted by Gasteiger charge is -2.39. The molecule has 0 fully saturated rings. The molecule has 5 nitrogen and oxygen atoms in total. The van der Waals surface area contributed by atoms with Crippen LogP contribution < -0.4 is 10.1 Å².